The molecule has 1 aromatic carbocycles. The lowest BCUT2D eigenvalue weighted by atomic mass is 9.99. The summed E-state index contributed by atoms with van der Waals surface area (Å²) in [5, 5.41) is 12.8. The van der Waals surface area contributed by atoms with Crippen molar-refractivity contribution in [2.24, 2.45) is 0 Å². The van der Waals surface area contributed by atoms with Gasteiger partial charge in [-0.3, -0.25) is 4.79 Å². The Morgan fingerprint density at radius 3 is 2.68 bits per heavy atom. The molecule has 19 heavy (non-hydrogen) atoms. The van der Waals surface area contributed by atoms with Gasteiger partial charge in [0.15, 0.2) is 6.61 Å². The Balaban J connectivity index is 1.86. The van der Waals surface area contributed by atoms with Gasteiger partial charge in [0.2, 0.25) is 0 Å². The van der Waals surface area contributed by atoms with Gasteiger partial charge >= 0.3 is 0 Å². The van der Waals surface area contributed by atoms with Crippen molar-refractivity contribution in [2.45, 2.75) is 31.2 Å². The van der Waals surface area contributed by atoms with Gasteiger partial charge in [-0.2, -0.15) is 0 Å². The molecule has 1 fully saturated rings. The first-order chi connectivity index (χ1) is 9.15. The van der Waals surface area contributed by atoms with Crippen LogP contribution < -0.4 is 10.1 Å². The van der Waals surface area contributed by atoms with Crippen molar-refractivity contribution < 1.29 is 14.6 Å². The predicted octanol–water partition coefficient (Wildman–Crippen LogP) is 2.14. The number of hydrogen-bond donors (Lipinski definition) is 2. The van der Waals surface area contributed by atoms with E-state index in [-0.39, 0.29) is 19.1 Å². The molecular formula is C14H18ClNO3. The molecular weight excluding hydrogens is 266 g/mol. The summed E-state index contributed by atoms with van der Waals surface area (Å²) in [6, 6.07) is 7.02. The van der Waals surface area contributed by atoms with Gasteiger partial charge in [-0.25, -0.2) is 0 Å². The van der Waals surface area contributed by atoms with Crippen LogP contribution in [0.5, 0.6) is 5.75 Å². The van der Waals surface area contributed by atoms with Gasteiger partial charge in [0.25, 0.3) is 5.91 Å². The summed E-state index contributed by atoms with van der Waals surface area (Å²) in [5.74, 6) is 0.264. The minimum absolute atomic E-state index is 0.0230. The number of nitrogens with one attached hydrogen (secondary N) is 1. The minimum atomic E-state index is -0.457. The van der Waals surface area contributed by atoms with Crippen molar-refractivity contribution in [2.75, 3.05) is 13.2 Å². The Labute approximate surface area is 117 Å². The van der Waals surface area contributed by atoms with Crippen molar-refractivity contribution in [3.63, 3.8) is 0 Å². The first kappa shape index (κ1) is 14.2. The fourth-order valence-corrected chi connectivity index (χ4v) is 2.60. The van der Waals surface area contributed by atoms with E-state index in [9.17, 15) is 9.90 Å². The Hall–Kier alpha value is -1.26. The molecule has 0 heterocycles. The molecule has 1 aliphatic carbocycles. The van der Waals surface area contributed by atoms with Crippen LogP contribution in [0, 0.1) is 0 Å². The zero-order valence-electron chi connectivity index (χ0n) is 10.7. The summed E-state index contributed by atoms with van der Waals surface area (Å²) in [6.45, 7) is -0.115. The normalized spacial score (nSPS) is 17.2. The first-order valence-corrected chi connectivity index (χ1v) is 6.82. The molecule has 1 amide bonds. The van der Waals surface area contributed by atoms with Gasteiger partial charge in [-0.05, 0) is 25.0 Å². The lowest BCUT2D eigenvalue weighted by Gasteiger charge is -2.27. The number of aliphatic hydroxyl groups excluding tert-OH is 1. The fraction of sp³-hybridized carbons (Fsp3) is 0.500. The van der Waals surface area contributed by atoms with Gasteiger partial charge in [-0.15, -0.1) is 0 Å². The number of aliphatic hydroxyl groups is 1. The molecule has 0 bridgehead atoms. The van der Waals surface area contributed by atoms with E-state index in [2.05, 4.69) is 5.32 Å². The molecule has 2 N–H and O–H groups in total. The van der Waals surface area contributed by atoms with E-state index < -0.39 is 5.54 Å². The third-order valence-corrected chi connectivity index (χ3v) is 3.78. The van der Waals surface area contributed by atoms with Crippen molar-refractivity contribution >= 4 is 17.5 Å². The molecule has 0 unspecified atom stereocenters. The predicted molar refractivity (Wildman–Crippen MR) is 73.4 cm³/mol. The van der Waals surface area contributed by atoms with Gasteiger partial charge in [-0.1, -0.05) is 36.6 Å². The molecule has 104 valence electrons. The minimum Gasteiger partial charge on any atom is -0.482 e. The van der Waals surface area contributed by atoms with Crippen LogP contribution in [0.25, 0.3) is 0 Å². The van der Waals surface area contributed by atoms with Crippen LogP contribution in [-0.4, -0.2) is 29.8 Å². The standard InChI is InChI=1S/C14H18ClNO3/c15-11-5-1-2-6-12(11)19-9-13(18)16-14(10-17)7-3-4-8-14/h1-2,5-6,17H,3-4,7-10H2,(H,16,18). The Kier molecular flexibility index (Phi) is 4.66. The topological polar surface area (TPSA) is 58.6 Å². The molecule has 0 radical (unpaired) electrons. The molecule has 1 saturated carbocycles. The van der Waals surface area contributed by atoms with Gasteiger partial charge in [0.05, 0.1) is 17.2 Å². The van der Waals surface area contributed by atoms with E-state index in [4.69, 9.17) is 16.3 Å². The van der Waals surface area contributed by atoms with E-state index >= 15 is 0 Å². The van der Waals surface area contributed by atoms with E-state index in [1.54, 1.807) is 24.3 Å². The van der Waals surface area contributed by atoms with Gasteiger partial charge < -0.3 is 15.2 Å². The molecule has 2 rings (SSSR count). The molecule has 1 aliphatic rings. The van der Waals surface area contributed by atoms with Gasteiger partial charge in [0, 0.05) is 0 Å². The van der Waals surface area contributed by atoms with Crippen molar-refractivity contribution in [3.05, 3.63) is 29.3 Å². The molecule has 4 nitrogen and oxygen atoms in total. The number of ether oxygens (including phenoxy) is 1. The number of amides is 1. The maximum atomic E-state index is 11.9. The molecule has 0 atom stereocenters. The molecule has 0 aromatic heterocycles. The third kappa shape index (κ3) is 3.61. The van der Waals surface area contributed by atoms with Gasteiger partial charge in [0.1, 0.15) is 5.75 Å². The molecule has 5 heteroatoms. The Morgan fingerprint density at radius 1 is 1.37 bits per heavy atom. The third-order valence-electron chi connectivity index (χ3n) is 3.46. The highest BCUT2D eigenvalue weighted by atomic mass is 35.5. The number of benzene rings is 1. The number of carbonyl (C=O) groups excluding carboxylic acids is 1. The molecule has 0 aliphatic heterocycles. The van der Waals surface area contributed by atoms with Crippen LogP contribution in [0.15, 0.2) is 24.3 Å². The second kappa shape index (κ2) is 6.26. The van der Waals surface area contributed by atoms with Crippen molar-refractivity contribution in [1.29, 1.82) is 0 Å². The smallest absolute Gasteiger partial charge is 0.258 e. The zero-order chi connectivity index (χ0) is 13.7. The summed E-state index contributed by atoms with van der Waals surface area (Å²) in [5.41, 5.74) is -0.457. The van der Waals surface area contributed by atoms with E-state index in [0.29, 0.717) is 10.8 Å². The number of halogens is 1. The van der Waals surface area contributed by atoms with Crippen LogP contribution in [0.3, 0.4) is 0 Å². The number of para-hydroxylation sites is 1. The maximum absolute atomic E-state index is 11.9. The summed E-state index contributed by atoms with van der Waals surface area (Å²) in [7, 11) is 0. The van der Waals surface area contributed by atoms with Crippen LogP contribution in [0.1, 0.15) is 25.7 Å². The van der Waals surface area contributed by atoms with Crippen LogP contribution in [0.4, 0.5) is 0 Å². The average molecular weight is 284 g/mol. The molecule has 0 spiro atoms. The monoisotopic (exact) mass is 283 g/mol. The number of rotatable bonds is 5. The van der Waals surface area contributed by atoms with Crippen LogP contribution >= 0.6 is 11.6 Å². The molecule has 1 aromatic rings. The van der Waals surface area contributed by atoms with Crippen LogP contribution in [-0.2, 0) is 4.79 Å². The zero-order valence-corrected chi connectivity index (χ0v) is 11.4. The lowest BCUT2D eigenvalue weighted by Crippen LogP contribution is -2.50. The maximum Gasteiger partial charge on any atom is 0.258 e. The van der Waals surface area contributed by atoms with Crippen LogP contribution in [0.2, 0.25) is 5.02 Å². The highest BCUT2D eigenvalue weighted by Gasteiger charge is 2.34. The van der Waals surface area contributed by atoms with Crippen molar-refractivity contribution in [3.8, 4) is 5.75 Å². The SMILES string of the molecule is O=C(COc1ccccc1Cl)NC1(CO)CCCC1. The van der Waals surface area contributed by atoms with E-state index in [1.165, 1.54) is 0 Å². The average Bonchev–Trinajstić information content (AvgIpc) is 2.87. The van der Waals surface area contributed by atoms with E-state index in [1.807, 2.05) is 0 Å². The summed E-state index contributed by atoms with van der Waals surface area (Å²) in [4.78, 5) is 11.9. The second-order valence-corrected chi connectivity index (χ2v) is 5.32. The number of hydrogen-bond acceptors (Lipinski definition) is 3. The quantitative estimate of drug-likeness (QED) is 0.870. The largest absolute Gasteiger partial charge is 0.482 e. The van der Waals surface area contributed by atoms with Crippen molar-refractivity contribution in [1.82, 2.24) is 5.32 Å². The van der Waals surface area contributed by atoms with E-state index in [0.717, 1.165) is 25.7 Å². The molecule has 0 saturated heterocycles. The summed E-state index contributed by atoms with van der Waals surface area (Å²) < 4.78 is 5.37. The fourth-order valence-electron chi connectivity index (χ4n) is 2.41. The summed E-state index contributed by atoms with van der Waals surface area (Å²) in [6.07, 6.45) is 3.71. The highest BCUT2D eigenvalue weighted by Crippen LogP contribution is 2.29. The lowest BCUT2D eigenvalue weighted by molar-refractivity contribution is -0.125. The Bertz CT molecular complexity index is 444. The number of carbonyl (C=O) groups is 1. The summed E-state index contributed by atoms with van der Waals surface area (Å²) >= 11 is 5.94. The Morgan fingerprint density at radius 2 is 2.05 bits per heavy atom. The first-order valence-electron chi connectivity index (χ1n) is 6.44. The highest BCUT2D eigenvalue weighted by molar-refractivity contribution is 6.32. The second-order valence-electron chi connectivity index (χ2n) is 4.91.